The van der Waals surface area contributed by atoms with Crippen molar-refractivity contribution < 1.29 is 38.3 Å². The van der Waals surface area contributed by atoms with Gasteiger partial charge < -0.3 is 20.3 Å². The van der Waals surface area contributed by atoms with Crippen molar-refractivity contribution in [2.45, 2.75) is 63.6 Å². The summed E-state index contributed by atoms with van der Waals surface area (Å²) in [6, 6.07) is 8.99. The molecule has 9 nitrogen and oxygen atoms in total. The minimum Gasteiger partial charge on any atom is -0.542 e. The summed E-state index contributed by atoms with van der Waals surface area (Å²) in [5, 5.41) is 35.3. The monoisotopic (exact) mass is 497 g/mol. The molecule has 1 aromatic heterocycles. The Morgan fingerprint density at radius 1 is 1.31 bits per heavy atom. The lowest BCUT2D eigenvalue weighted by Crippen LogP contribution is -2.86. The Balaban J connectivity index is 0.000000540. The fourth-order valence-electron chi connectivity index (χ4n) is 4.20. The number of nitrogens with two attached hydrogens (primary N) is 1. The van der Waals surface area contributed by atoms with Crippen molar-refractivity contribution in [2.24, 2.45) is 5.92 Å². The molecule has 192 valence electrons. The molecule has 0 saturated carbocycles. The molecule has 1 aliphatic carbocycles. The van der Waals surface area contributed by atoms with Gasteiger partial charge in [-0.15, -0.1) is 10.2 Å². The van der Waals surface area contributed by atoms with Gasteiger partial charge in [0.2, 0.25) is 0 Å². The van der Waals surface area contributed by atoms with Crippen LogP contribution in [0.25, 0.3) is 5.57 Å². The third-order valence-corrected chi connectivity index (χ3v) is 6.05. The number of rotatable bonds is 9. The summed E-state index contributed by atoms with van der Waals surface area (Å²) >= 11 is 0. The highest BCUT2D eigenvalue weighted by Crippen LogP contribution is 2.34. The zero-order valence-electron chi connectivity index (χ0n) is 19.6. The number of hydrogen-bond donors (Lipinski definition) is 3. The molecule has 1 aliphatic rings. The molecule has 0 aliphatic heterocycles. The van der Waals surface area contributed by atoms with Crippen molar-refractivity contribution in [1.82, 2.24) is 20.6 Å². The van der Waals surface area contributed by atoms with E-state index >= 15 is 0 Å². The first-order valence-electron chi connectivity index (χ1n) is 11.4. The molecule has 1 heterocycles. The summed E-state index contributed by atoms with van der Waals surface area (Å²) in [7, 11) is 2.13. The molecular weight excluding hydrogens is 467 g/mol. The van der Waals surface area contributed by atoms with E-state index in [1.54, 1.807) is 0 Å². The van der Waals surface area contributed by atoms with Gasteiger partial charge in [-0.2, -0.15) is 18.4 Å². The molecule has 3 rings (SSSR count). The van der Waals surface area contributed by atoms with Crippen LogP contribution in [0.4, 0.5) is 13.2 Å². The Bertz CT molecular complexity index is 995. The Morgan fingerprint density at radius 3 is 2.49 bits per heavy atom. The quantitative estimate of drug-likeness (QED) is 0.475. The third-order valence-electron chi connectivity index (χ3n) is 6.05. The molecule has 0 spiro atoms. The number of nitrogens with zero attached hydrogens (tertiary/aromatic N) is 3. The average molecular weight is 498 g/mol. The summed E-state index contributed by atoms with van der Waals surface area (Å²) in [4.78, 5) is 20.8. The number of nitrogens with one attached hydrogen (secondary N) is 1. The van der Waals surface area contributed by atoms with Crippen LogP contribution in [0.5, 0.6) is 0 Å². The number of carbonyl (C=O) groups is 2. The first-order valence-corrected chi connectivity index (χ1v) is 11.4. The highest BCUT2D eigenvalue weighted by atomic mass is 19.4. The second kappa shape index (κ2) is 13.0. The molecule has 12 heteroatoms. The van der Waals surface area contributed by atoms with Crippen molar-refractivity contribution in [3.05, 3.63) is 47.3 Å². The predicted molar refractivity (Wildman–Crippen MR) is 118 cm³/mol. The first-order chi connectivity index (χ1) is 16.6. The van der Waals surface area contributed by atoms with Crippen molar-refractivity contribution in [3.8, 4) is 0 Å². The number of carbonyl (C=O) groups excluding carboxylic acids is 1. The van der Waals surface area contributed by atoms with E-state index in [9.17, 15) is 23.1 Å². The molecule has 2 aromatic rings. The van der Waals surface area contributed by atoms with Gasteiger partial charge in [-0.05, 0) is 36.0 Å². The van der Waals surface area contributed by atoms with Gasteiger partial charge in [-0.3, -0.25) is 4.79 Å². The van der Waals surface area contributed by atoms with Gasteiger partial charge in [0.1, 0.15) is 5.97 Å². The van der Waals surface area contributed by atoms with Gasteiger partial charge in [0, 0.05) is 18.8 Å². The number of halogens is 3. The standard InChI is InChI=1S/C21H29N5O2.C2HF3O2/c1-3-6-18(21(27)28)19(20-23-25-26-24-20)13-15-7-4-5-8-17(15)14-9-11-16(22-2)12-10-14;3-2(4,5)1(6)7/h4-5,7-9,16,18-19,22H,3,6,10-13H2,1-2H3,(H,27,28)(H,23,24,25,26);(H,6,7)/t16?,18-,19-;/m0./s1. The largest absolute Gasteiger partial charge is 0.542 e. The maximum Gasteiger partial charge on any atom is 0.430 e. The molecule has 0 amide bonds. The Kier molecular flexibility index (Phi) is 10.4. The van der Waals surface area contributed by atoms with Crippen LogP contribution < -0.4 is 10.4 Å². The van der Waals surface area contributed by atoms with Crippen LogP contribution in [-0.4, -0.2) is 56.9 Å². The lowest BCUT2D eigenvalue weighted by molar-refractivity contribution is -0.663. The van der Waals surface area contributed by atoms with Crippen molar-refractivity contribution in [2.75, 3.05) is 7.05 Å². The number of alkyl halides is 3. The molecule has 0 fully saturated rings. The maximum atomic E-state index is 12.0. The number of quaternary nitrogens is 1. The number of carboxylic acids is 2. The summed E-state index contributed by atoms with van der Waals surface area (Å²) in [6.07, 6.45) is 2.42. The number of hydrogen-bond acceptors (Lipinski definition) is 6. The fraction of sp³-hybridized carbons (Fsp3) is 0.522. The number of tetrazole rings is 1. The van der Waals surface area contributed by atoms with Gasteiger partial charge in [0.05, 0.1) is 19.0 Å². The van der Waals surface area contributed by atoms with Crippen LogP contribution in [-0.2, 0) is 16.0 Å². The second-order valence-electron chi connectivity index (χ2n) is 8.35. The van der Waals surface area contributed by atoms with Gasteiger partial charge >= 0.3 is 12.1 Å². The molecule has 1 unspecified atom stereocenters. The molecule has 4 N–H and O–H groups in total. The number of H-pyrrole nitrogens is 1. The van der Waals surface area contributed by atoms with Gasteiger partial charge in [-0.25, -0.2) is 0 Å². The lowest BCUT2D eigenvalue weighted by Gasteiger charge is -2.24. The molecule has 0 saturated heterocycles. The number of aromatic nitrogens is 4. The summed E-state index contributed by atoms with van der Waals surface area (Å²) in [5.74, 6) is -4.16. The van der Waals surface area contributed by atoms with Crippen LogP contribution in [0.3, 0.4) is 0 Å². The highest BCUT2D eigenvalue weighted by molar-refractivity contribution is 5.72. The summed E-state index contributed by atoms with van der Waals surface area (Å²) in [5.41, 5.74) is 3.75. The predicted octanol–water partition coefficient (Wildman–Crippen LogP) is 1.45. The topological polar surface area (TPSA) is 148 Å². The van der Waals surface area contributed by atoms with Crippen molar-refractivity contribution >= 4 is 17.5 Å². The van der Waals surface area contributed by atoms with E-state index in [1.807, 2.05) is 13.0 Å². The van der Waals surface area contributed by atoms with E-state index in [0.29, 0.717) is 24.7 Å². The average Bonchev–Trinajstić information content (AvgIpc) is 3.36. The number of aliphatic carboxylic acids is 2. The highest BCUT2D eigenvalue weighted by Gasteiger charge is 2.33. The van der Waals surface area contributed by atoms with Crippen LogP contribution >= 0.6 is 0 Å². The Hall–Kier alpha value is -3.28. The molecule has 3 atom stereocenters. The lowest BCUT2D eigenvalue weighted by atomic mass is 9.80. The van der Waals surface area contributed by atoms with Gasteiger partial charge in [-0.1, -0.05) is 48.9 Å². The van der Waals surface area contributed by atoms with Crippen LogP contribution in [0, 0.1) is 5.92 Å². The van der Waals surface area contributed by atoms with E-state index in [4.69, 9.17) is 9.90 Å². The van der Waals surface area contributed by atoms with E-state index in [2.05, 4.69) is 57.3 Å². The van der Waals surface area contributed by atoms with E-state index in [1.165, 1.54) is 17.6 Å². The van der Waals surface area contributed by atoms with E-state index < -0.39 is 24.0 Å². The summed E-state index contributed by atoms with van der Waals surface area (Å²) in [6.45, 7) is 2.01. The normalized spacial score (nSPS) is 17.5. The minimum absolute atomic E-state index is 0.307. The molecule has 0 bridgehead atoms. The maximum absolute atomic E-state index is 12.0. The molecule has 35 heavy (non-hydrogen) atoms. The zero-order chi connectivity index (χ0) is 26.0. The molecule has 1 aromatic carbocycles. The second-order valence-corrected chi connectivity index (χ2v) is 8.35. The zero-order valence-corrected chi connectivity index (χ0v) is 19.6. The first kappa shape index (κ1) is 28.0. The van der Waals surface area contributed by atoms with Crippen molar-refractivity contribution in [3.63, 3.8) is 0 Å². The number of allylic oxidation sites excluding steroid dienone is 1. The van der Waals surface area contributed by atoms with Crippen LogP contribution in [0.15, 0.2) is 30.3 Å². The summed E-state index contributed by atoms with van der Waals surface area (Å²) < 4.78 is 31.5. The van der Waals surface area contributed by atoms with Gasteiger partial charge in [0.15, 0.2) is 5.82 Å². The van der Waals surface area contributed by atoms with E-state index in [0.717, 1.165) is 24.8 Å². The Labute approximate surface area is 200 Å². The van der Waals surface area contributed by atoms with Gasteiger partial charge in [0.25, 0.3) is 0 Å². The molecular formula is C23H30F3N5O4. The number of aromatic amines is 1. The number of carboxylic acid groups (broad SMARTS) is 2. The van der Waals surface area contributed by atoms with Crippen LogP contribution in [0.1, 0.15) is 61.9 Å². The SMILES string of the molecule is CCC[C@H](C(=O)O)[C@H](Cc1ccccc1C1=CCC([NH2+]C)CC1)c1nn[nH]n1.O=C([O-])C(F)(F)F. The Morgan fingerprint density at radius 2 is 2.00 bits per heavy atom. The minimum atomic E-state index is -5.19. The third kappa shape index (κ3) is 8.16. The smallest absolute Gasteiger partial charge is 0.430 e. The van der Waals surface area contributed by atoms with Crippen LogP contribution in [0.2, 0.25) is 0 Å². The number of benzene rings is 1. The van der Waals surface area contributed by atoms with E-state index in [-0.39, 0.29) is 5.92 Å². The fourth-order valence-corrected chi connectivity index (χ4v) is 4.20. The molecule has 0 radical (unpaired) electrons. The van der Waals surface area contributed by atoms with Crippen molar-refractivity contribution in [1.29, 1.82) is 0 Å².